The van der Waals surface area contributed by atoms with Crippen LogP contribution >= 0.6 is 0 Å². The molecule has 0 aliphatic carbocycles. The molecule has 0 saturated carbocycles. The second kappa shape index (κ2) is 6.02. The lowest BCUT2D eigenvalue weighted by atomic mass is 9.98. The van der Waals surface area contributed by atoms with E-state index in [9.17, 15) is 0 Å². The number of nitrogens with zero attached hydrogens (tertiary/aromatic N) is 2. The fourth-order valence-electron chi connectivity index (χ4n) is 2.54. The molecule has 1 heterocycles. The lowest BCUT2D eigenvalue weighted by Gasteiger charge is -2.17. The van der Waals surface area contributed by atoms with Crippen LogP contribution in [0.3, 0.4) is 0 Å². The van der Waals surface area contributed by atoms with Gasteiger partial charge in [0.15, 0.2) is 0 Å². The zero-order valence-electron chi connectivity index (χ0n) is 12.4. The van der Waals surface area contributed by atoms with E-state index < -0.39 is 0 Å². The van der Waals surface area contributed by atoms with Crippen molar-refractivity contribution in [3.8, 4) is 0 Å². The van der Waals surface area contributed by atoms with E-state index in [-0.39, 0.29) is 6.04 Å². The first kappa shape index (κ1) is 13.7. The van der Waals surface area contributed by atoms with E-state index in [1.165, 1.54) is 16.7 Å². The fourth-order valence-corrected chi connectivity index (χ4v) is 2.54. The highest BCUT2D eigenvalue weighted by Crippen LogP contribution is 2.21. The Kier molecular flexibility index (Phi) is 3.93. The van der Waals surface area contributed by atoms with Gasteiger partial charge in [-0.1, -0.05) is 35.9 Å². The van der Waals surface area contributed by atoms with Crippen molar-refractivity contribution in [2.45, 2.75) is 19.4 Å². The number of aryl methyl sites for hydroxylation is 1. The quantitative estimate of drug-likeness (QED) is 0.794. The molecule has 0 saturated heterocycles. The van der Waals surface area contributed by atoms with Gasteiger partial charge in [0.25, 0.3) is 0 Å². The molecule has 3 nitrogen and oxygen atoms in total. The minimum Gasteiger partial charge on any atom is -0.313 e. The standard InChI is InChI=1S/C18H19N3/c1-13-3-5-14(6-4-13)11-17(19-2)15-7-8-16-18(12-15)21-10-9-20-16/h3-10,12,17,19H,11H2,1-2H3. The number of rotatable bonds is 4. The Balaban J connectivity index is 1.88. The molecule has 21 heavy (non-hydrogen) atoms. The molecule has 3 aromatic rings. The van der Waals surface area contributed by atoms with E-state index in [0.717, 1.165) is 17.5 Å². The Labute approximate surface area is 125 Å². The number of hydrogen-bond donors (Lipinski definition) is 1. The van der Waals surface area contributed by atoms with E-state index in [1.807, 2.05) is 13.1 Å². The normalized spacial score (nSPS) is 12.5. The molecule has 3 heteroatoms. The minimum absolute atomic E-state index is 0.277. The van der Waals surface area contributed by atoms with Crippen LogP contribution in [0.15, 0.2) is 54.9 Å². The molecule has 0 fully saturated rings. The second-order valence-electron chi connectivity index (χ2n) is 5.34. The molecule has 0 amide bonds. The smallest absolute Gasteiger partial charge is 0.0890 e. The summed E-state index contributed by atoms with van der Waals surface area (Å²) in [4.78, 5) is 8.71. The van der Waals surface area contributed by atoms with E-state index in [0.29, 0.717) is 0 Å². The summed E-state index contributed by atoms with van der Waals surface area (Å²) >= 11 is 0. The molecule has 0 aliphatic rings. The molecule has 1 N–H and O–H groups in total. The van der Waals surface area contributed by atoms with Crippen LogP contribution in [0.25, 0.3) is 11.0 Å². The molecule has 2 aromatic carbocycles. The summed E-state index contributed by atoms with van der Waals surface area (Å²) in [6, 6.07) is 15.3. The molecule has 1 aromatic heterocycles. The fraction of sp³-hybridized carbons (Fsp3) is 0.222. The van der Waals surface area contributed by atoms with E-state index in [2.05, 4.69) is 58.6 Å². The van der Waals surface area contributed by atoms with Crippen LogP contribution in [0.2, 0.25) is 0 Å². The van der Waals surface area contributed by atoms with Gasteiger partial charge >= 0.3 is 0 Å². The second-order valence-corrected chi connectivity index (χ2v) is 5.34. The molecule has 3 rings (SSSR count). The van der Waals surface area contributed by atoms with Gasteiger partial charge in [-0.15, -0.1) is 0 Å². The van der Waals surface area contributed by atoms with Gasteiger partial charge in [-0.05, 0) is 43.7 Å². The summed E-state index contributed by atoms with van der Waals surface area (Å²) in [5.74, 6) is 0. The van der Waals surface area contributed by atoms with Crippen LogP contribution < -0.4 is 5.32 Å². The van der Waals surface area contributed by atoms with Crippen molar-refractivity contribution in [2.75, 3.05) is 7.05 Å². The summed E-state index contributed by atoms with van der Waals surface area (Å²) in [7, 11) is 2.00. The minimum atomic E-state index is 0.277. The van der Waals surface area contributed by atoms with Crippen LogP contribution in [-0.4, -0.2) is 17.0 Å². The van der Waals surface area contributed by atoms with Crippen molar-refractivity contribution >= 4 is 11.0 Å². The maximum atomic E-state index is 4.39. The Hall–Kier alpha value is -2.26. The molecule has 0 spiro atoms. The maximum absolute atomic E-state index is 4.39. The van der Waals surface area contributed by atoms with Crippen LogP contribution in [0.4, 0.5) is 0 Å². The van der Waals surface area contributed by atoms with Gasteiger partial charge in [-0.2, -0.15) is 0 Å². The van der Waals surface area contributed by atoms with Crippen molar-refractivity contribution in [3.63, 3.8) is 0 Å². The highest BCUT2D eigenvalue weighted by atomic mass is 14.9. The number of nitrogens with one attached hydrogen (secondary N) is 1. The van der Waals surface area contributed by atoms with Crippen molar-refractivity contribution in [1.29, 1.82) is 0 Å². The van der Waals surface area contributed by atoms with Crippen molar-refractivity contribution in [1.82, 2.24) is 15.3 Å². The topological polar surface area (TPSA) is 37.8 Å². The van der Waals surface area contributed by atoms with Crippen LogP contribution in [0, 0.1) is 6.92 Å². The molecule has 1 atom stereocenters. The zero-order chi connectivity index (χ0) is 14.7. The van der Waals surface area contributed by atoms with E-state index >= 15 is 0 Å². The van der Waals surface area contributed by atoms with Gasteiger partial charge in [0.1, 0.15) is 0 Å². The van der Waals surface area contributed by atoms with Crippen LogP contribution in [0.5, 0.6) is 0 Å². The third kappa shape index (κ3) is 3.09. The largest absolute Gasteiger partial charge is 0.313 e. The molecule has 0 aliphatic heterocycles. The van der Waals surface area contributed by atoms with Crippen molar-refractivity contribution in [2.24, 2.45) is 0 Å². The summed E-state index contributed by atoms with van der Waals surface area (Å²) in [6.07, 6.45) is 4.42. The Morgan fingerprint density at radius 3 is 2.38 bits per heavy atom. The van der Waals surface area contributed by atoms with Gasteiger partial charge in [0.2, 0.25) is 0 Å². The predicted molar refractivity (Wildman–Crippen MR) is 86.2 cm³/mol. The lowest BCUT2D eigenvalue weighted by molar-refractivity contribution is 0.592. The summed E-state index contributed by atoms with van der Waals surface area (Å²) in [6.45, 7) is 2.11. The van der Waals surface area contributed by atoms with Crippen LogP contribution in [0.1, 0.15) is 22.7 Å². The average Bonchev–Trinajstić information content (AvgIpc) is 2.54. The first-order valence-electron chi connectivity index (χ1n) is 7.20. The monoisotopic (exact) mass is 277 g/mol. The average molecular weight is 277 g/mol. The highest BCUT2D eigenvalue weighted by Gasteiger charge is 2.11. The van der Waals surface area contributed by atoms with Gasteiger partial charge in [0.05, 0.1) is 11.0 Å². The van der Waals surface area contributed by atoms with Gasteiger partial charge < -0.3 is 5.32 Å². The van der Waals surface area contributed by atoms with Crippen LogP contribution in [-0.2, 0) is 6.42 Å². The summed E-state index contributed by atoms with van der Waals surface area (Å²) in [5.41, 5.74) is 5.75. The molecule has 0 bridgehead atoms. The molecule has 0 radical (unpaired) electrons. The summed E-state index contributed by atoms with van der Waals surface area (Å²) in [5, 5.41) is 3.40. The summed E-state index contributed by atoms with van der Waals surface area (Å²) < 4.78 is 0. The first-order chi connectivity index (χ1) is 10.3. The van der Waals surface area contributed by atoms with Gasteiger partial charge in [-0.25, -0.2) is 0 Å². The Bertz CT molecular complexity index is 735. The lowest BCUT2D eigenvalue weighted by Crippen LogP contribution is -2.18. The van der Waals surface area contributed by atoms with Gasteiger partial charge in [0, 0.05) is 18.4 Å². The number of aromatic nitrogens is 2. The molecular weight excluding hydrogens is 258 g/mol. The van der Waals surface area contributed by atoms with Crippen molar-refractivity contribution < 1.29 is 0 Å². The first-order valence-corrected chi connectivity index (χ1v) is 7.20. The Morgan fingerprint density at radius 1 is 0.952 bits per heavy atom. The van der Waals surface area contributed by atoms with Gasteiger partial charge in [-0.3, -0.25) is 9.97 Å². The molecular formula is C18H19N3. The third-order valence-electron chi connectivity index (χ3n) is 3.80. The highest BCUT2D eigenvalue weighted by molar-refractivity contribution is 5.74. The predicted octanol–water partition coefficient (Wildman–Crippen LogP) is 3.44. The molecule has 106 valence electrons. The number of benzene rings is 2. The Morgan fingerprint density at radius 2 is 1.67 bits per heavy atom. The number of likely N-dealkylation sites (N-methyl/N-ethyl adjacent to an activating group) is 1. The van der Waals surface area contributed by atoms with E-state index in [4.69, 9.17) is 0 Å². The number of hydrogen-bond acceptors (Lipinski definition) is 3. The SMILES string of the molecule is CNC(Cc1ccc(C)cc1)c1ccc2nccnc2c1. The van der Waals surface area contributed by atoms with E-state index in [1.54, 1.807) is 12.4 Å². The zero-order valence-corrected chi connectivity index (χ0v) is 12.4. The third-order valence-corrected chi connectivity index (χ3v) is 3.80. The maximum Gasteiger partial charge on any atom is 0.0890 e. The number of fused-ring (bicyclic) bond motifs is 1. The molecule has 1 unspecified atom stereocenters. The van der Waals surface area contributed by atoms with Crippen molar-refractivity contribution in [3.05, 3.63) is 71.5 Å².